The number of carbonyl (C=O) groups is 3. The van der Waals surface area contributed by atoms with Crippen molar-refractivity contribution in [1.29, 1.82) is 0 Å². The highest BCUT2D eigenvalue weighted by molar-refractivity contribution is 7.09. The molecule has 0 radical (unpaired) electrons. The molecule has 1 heterocycles. The summed E-state index contributed by atoms with van der Waals surface area (Å²) in [5, 5.41) is 2.99. The van der Waals surface area contributed by atoms with Crippen molar-refractivity contribution in [3.8, 4) is 5.75 Å². The molecule has 0 saturated heterocycles. The molecule has 1 unspecified atom stereocenters. The van der Waals surface area contributed by atoms with Crippen molar-refractivity contribution in [3.63, 3.8) is 0 Å². The summed E-state index contributed by atoms with van der Waals surface area (Å²) in [6.07, 6.45) is 0. The van der Waals surface area contributed by atoms with Crippen LogP contribution in [0, 0.1) is 6.92 Å². The second-order valence-electron chi connectivity index (χ2n) is 9.30. The molecule has 36 heavy (non-hydrogen) atoms. The predicted molar refractivity (Wildman–Crippen MR) is 141 cm³/mol. The monoisotopic (exact) mass is 509 g/mol. The van der Waals surface area contributed by atoms with Crippen molar-refractivity contribution in [2.75, 3.05) is 17.2 Å². The van der Waals surface area contributed by atoms with E-state index in [-0.39, 0.29) is 22.2 Å². The molecule has 1 aromatic heterocycles. The molecule has 1 atom stereocenters. The molecular formula is C26H31N5O4S. The molecule has 3 aromatic rings. The molecule has 3 rings (SSSR count). The van der Waals surface area contributed by atoms with E-state index < -0.39 is 23.4 Å². The van der Waals surface area contributed by atoms with Crippen molar-refractivity contribution in [1.82, 2.24) is 9.69 Å². The van der Waals surface area contributed by atoms with E-state index in [0.29, 0.717) is 23.6 Å². The Labute approximate surface area is 214 Å². The molecule has 0 aliphatic carbocycles. The summed E-state index contributed by atoms with van der Waals surface area (Å²) in [5.74, 6) is -1.16. The molecule has 0 spiro atoms. The normalized spacial score (nSPS) is 12.0. The fourth-order valence-corrected chi connectivity index (χ4v) is 4.41. The van der Waals surface area contributed by atoms with Crippen molar-refractivity contribution < 1.29 is 19.1 Å². The van der Waals surface area contributed by atoms with Crippen molar-refractivity contribution in [3.05, 3.63) is 70.2 Å². The lowest BCUT2D eigenvalue weighted by Gasteiger charge is -2.33. The summed E-state index contributed by atoms with van der Waals surface area (Å²) < 4.78 is 9.53. The second kappa shape index (κ2) is 10.8. The van der Waals surface area contributed by atoms with E-state index in [0.717, 1.165) is 17.1 Å². The number of anilines is 2. The van der Waals surface area contributed by atoms with Gasteiger partial charge < -0.3 is 21.5 Å². The number of aryl methyl sites for hydroxylation is 1. The zero-order chi connectivity index (χ0) is 26.6. The number of hydrogen-bond donors (Lipinski definition) is 3. The van der Waals surface area contributed by atoms with E-state index in [9.17, 15) is 14.4 Å². The minimum atomic E-state index is -1.06. The fourth-order valence-electron chi connectivity index (χ4n) is 3.67. The molecule has 190 valence electrons. The maximum Gasteiger partial charge on any atom is 0.273 e. The number of ether oxygens (including phenoxy) is 1. The summed E-state index contributed by atoms with van der Waals surface area (Å²) in [5.41, 5.74) is 12.6. The first-order chi connectivity index (χ1) is 16.9. The van der Waals surface area contributed by atoms with Gasteiger partial charge in [0.25, 0.3) is 11.8 Å². The lowest BCUT2D eigenvalue weighted by Crippen LogP contribution is -2.49. The molecule has 0 bridgehead atoms. The Balaban J connectivity index is 2.22. The first kappa shape index (κ1) is 26.7. The van der Waals surface area contributed by atoms with Gasteiger partial charge in [-0.25, -0.2) is 0 Å². The van der Waals surface area contributed by atoms with Gasteiger partial charge >= 0.3 is 0 Å². The van der Waals surface area contributed by atoms with E-state index in [1.54, 1.807) is 42.5 Å². The topological polar surface area (TPSA) is 141 Å². The van der Waals surface area contributed by atoms with E-state index in [1.165, 1.54) is 4.90 Å². The number of hydrogen-bond acceptors (Lipinski definition) is 7. The largest absolute Gasteiger partial charge is 0.494 e. The number of nitrogen functional groups attached to an aromatic ring is 1. The molecule has 5 N–H and O–H groups in total. The van der Waals surface area contributed by atoms with Gasteiger partial charge in [0.05, 0.1) is 12.3 Å². The molecule has 9 nitrogen and oxygen atoms in total. The van der Waals surface area contributed by atoms with Crippen LogP contribution in [0.2, 0.25) is 0 Å². The molecule has 0 aliphatic rings. The fraction of sp³-hybridized carbons (Fsp3) is 0.308. The minimum absolute atomic E-state index is 0.0183. The van der Waals surface area contributed by atoms with Crippen LogP contribution >= 0.6 is 11.5 Å². The highest BCUT2D eigenvalue weighted by atomic mass is 32.1. The summed E-state index contributed by atoms with van der Waals surface area (Å²) in [6.45, 7) is 9.84. The zero-order valence-electron chi connectivity index (χ0n) is 21.0. The zero-order valence-corrected chi connectivity index (χ0v) is 21.8. The Morgan fingerprint density at radius 2 is 1.81 bits per heavy atom. The minimum Gasteiger partial charge on any atom is -0.494 e. The van der Waals surface area contributed by atoms with Crippen molar-refractivity contribution >= 4 is 40.6 Å². The lowest BCUT2D eigenvalue weighted by atomic mass is 10.00. The van der Waals surface area contributed by atoms with Gasteiger partial charge in [-0.1, -0.05) is 24.3 Å². The third-order valence-corrected chi connectivity index (χ3v) is 6.02. The Hall–Kier alpha value is -3.92. The Morgan fingerprint density at radius 1 is 1.14 bits per heavy atom. The van der Waals surface area contributed by atoms with Gasteiger partial charge in [-0.15, -0.1) is 0 Å². The lowest BCUT2D eigenvalue weighted by molar-refractivity contribution is -0.123. The van der Waals surface area contributed by atoms with Crippen LogP contribution in [-0.4, -0.2) is 34.2 Å². The predicted octanol–water partition coefficient (Wildman–Crippen LogP) is 3.83. The van der Waals surface area contributed by atoms with Crippen LogP contribution in [0.4, 0.5) is 11.4 Å². The second-order valence-corrected chi connectivity index (χ2v) is 10.1. The first-order valence-electron chi connectivity index (χ1n) is 11.4. The van der Waals surface area contributed by atoms with Gasteiger partial charge in [-0.05, 0) is 81.5 Å². The van der Waals surface area contributed by atoms with E-state index in [1.807, 2.05) is 40.7 Å². The molecule has 10 heteroatoms. The number of rotatable bonds is 8. The van der Waals surface area contributed by atoms with Crippen LogP contribution in [-0.2, 0) is 4.79 Å². The van der Waals surface area contributed by atoms with Crippen LogP contribution in [0.1, 0.15) is 65.0 Å². The molecule has 0 aliphatic heterocycles. The third-order valence-electron chi connectivity index (χ3n) is 5.17. The maximum absolute atomic E-state index is 14.0. The maximum atomic E-state index is 14.0. The molecule has 0 saturated carbocycles. The first-order valence-corrected chi connectivity index (χ1v) is 12.2. The van der Waals surface area contributed by atoms with E-state index >= 15 is 0 Å². The Kier molecular flexibility index (Phi) is 7.99. The van der Waals surface area contributed by atoms with Gasteiger partial charge in [0.2, 0.25) is 5.91 Å². The summed E-state index contributed by atoms with van der Waals surface area (Å²) in [4.78, 5) is 40.9. The molecule has 2 aromatic carbocycles. The van der Waals surface area contributed by atoms with Crippen LogP contribution < -0.4 is 26.4 Å². The quantitative estimate of drug-likeness (QED) is 0.421. The number of amides is 3. The van der Waals surface area contributed by atoms with Gasteiger partial charge in [0, 0.05) is 11.2 Å². The van der Waals surface area contributed by atoms with Crippen LogP contribution in [0.5, 0.6) is 5.75 Å². The van der Waals surface area contributed by atoms with Crippen LogP contribution in [0.3, 0.4) is 0 Å². The van der Waals surface area contributed by atoms with E-state index in [4.69, 9.17) is 16.2 Å². The molecular weight excluding hydrogens is 478 g/mol. The average molecular weight is 510 g/mol. The summed E-state index contributed by atoms with van der Waals surface area (Å²) in [6, 6.07) is 13.2. The third kappa shape index (κ3) is 6.01. The Bertz CT molecular complexity index is 1260. The summed E-state index contributed by atoms with van der Waals surface area (Å²) in [7, 11) is 0. The SMILES string of the molecule is CCOc1ccc(C(C(=O)NC(C)(C)C)N(C(=O)c2snc(C(N)=O)c2N)c2cccc(C)c2)cc1. The van der Waals surface area contributed by atoms with Gasteiger partial charge in [-0.2, -0.15) is 4.37 Å². The summed E-state index contributed by atoms with van der Waals surface area (Å²) >= 11 is 0.768. The van der Waals surface area contributed by atoms with Crippen molar-refractivity contribution in [2.24, 2.45) is 5.73 Å². The Morgan fingerprint density at radius 3 is 2.33 bits per heavy atom. The highest BCUT2D eigenvalue weighted by Crippen LogP contribution is 2.34. The van der Waals surface area contributed by atoms with Gasteiger partial charge in [0.15, 0.2) is 5.69 Å². The molecule has 0 fully saturated rings. The van der Waals surface area contributed by atoms with Crippen LogP contribution in [0.15, 0.2) is 48.5 Å². The molecule has 3 amide bonds. The van der Waals surface area contributed by atoms with Crippen LogP contribution in [0.25, 0.3) is 0 Å². The van der Waals surface area contributed by atoms with Gasteiger partial charge in [-0.3, -0.25) is 19.3 Å². The number of aromatic nitrogens is 1. The highest BCUT2D eigenvalue weighted by Gasteiger charge is 2.37. The number of benzene rings is 2. The number of nitrogens with one attached hydrogen (secondary N) is 1. The smallest absolute Gasteiger partial charge is 0.273 e. The van der Waals surface area contributed by atoms with Gasteiger partial charge in [0.1, 0.15) is 16.7 Å². The van der Waals surface area contributed by atoms with Crippen molar-refractivity contribution in [2.45, 2.75) is 46.2 Å². The average Bonchev–Trinajstić information content (AvgIpc) is 3.18. The number of nitrogens with zero attached hydrogens (tertiary/aromatic N) is 2. The standard InChI is InChI=1S/C26H31N5O4S/c1-6-35-18-12-10-16(11-13-18)21(24(33)29-26(3,4)5)31(17-9-7-8-15(2)14-17)25(34)22-19(27)20(23(28)32)30-36-22/h7-14,21H,6,27H2,1-5H3,(H2,28,32)(H,29,33). The number of carbonyl (C=O) groups excluding carboxylic acids is 3. The number of primary amides is 1. The number of nitrogens with two attached hydrogens (primary N) is 2. The van der Waals surface area contributed by atoms with E-state index in [2.05, 4.69) is 9.69 Å².